The third-order valence-electron chi connectivity index (χ3n) is 3.08. The predicted molar refractivity (Wildman–Crippen MR) is 78.4 cm³/mol. The molecular formula is C14H22N4O3. The molecule has 7 nitrogen and oxygen atoms in total. The summed E-state index contributed by atoms with van der Waals surface area (Å²) in [5.41, 5.74) is 0. The van der Waals surface area contributed by atoms with Crippen molar-refractivity contribution in [3.8, 4) is 5.88 Å². The fraction of sp³-hybridized carbons (Fsp3) is 0.643. The van der Waals surface area contributed by atoms with Gasteiger partial charge >= 0.3 is 5.97 Å². The molecular weight excluding hydrogens is 272 g/mol. The van der Waals surface area contributed by atoms with E-state index in [1.54, 1.807) is 13.0 Å². The first-order valence-electron chi connectivity index (χ1n) is 7.24. The van der Waals surface area contributed by atoms with Crippen LogP contribution >= 0.6 is 0 Å². The van der Waals surface area contributed by atoms with Crippen LogP contribution in [0.1, 0.15) is 20.8 Å². The molecule has 116 valence electrons. The van der Waals surface area contributed by atoms with E-state index < -0.39 is 0 Å². The third-order valence-corrected chi connectivity index (χ3v) is 3.08. The molecule has 1 aliphatic rings. The Balaban J connectivity index is 2.18. The van der Waals surface area contributed by atoms with Gasteiger partial charge in [-0.15, -0.1) is 0 Å². The molecule has 1 aromatic heterocycles. The van der Waals surface area contributed by atoms with Gasteiger partial charge in [0.15, 0.2) is 0 Å². The largest absolute Gasteiger partial charge is 0.475 e. The highest BCUT2D eigenvalue weighted by Gasteiger charge is 2.31. The fourth-order valence-corrected chi connectivity index (χ4v) is 2.22. The highest BCUT2D eigenvalue weighted by molar-refractivity contribution is 5.80. The number of carbonyl (C=O) groups excluding carboxylic acids is 1. The van der Waals surface area contributed by atoms with Crippen LogP contribution in [-0.4, -0.2) is 54.3 Å². The maximum Gasteiger partial charge on any atom is 0.330 e. The van der Waals surface area contributed by atoms with Crippen LogP contribution in [-0.2, 0) is 9.53 Å². The summed E-state index contributed by atoms with van der Waals surface area (Å²) in [7, 11) is 0. The van der Waals surface area contributed by atoms with Gasteiger partial charge in [0.2, 0.25) is 5.88 Å². The molecule has 0 radical (unpaired) electrons. The van der Waals surface area contributed by atoms with Crippen molar-refractivity contribution < 1.29 is 14.3 Å². The van der Waals surface area contributed by atoms with Crippen molar-refractivity contribution in [3.05, 3.63) is 12.4 Å². The number of anilines is 1. The molecule has 1 aliphatic heterocycles. The van der Waals surface area contributed by atoms with Crippen molar-refractivity contribution in [1.29, 1.82) is 0 Å². The zero-order valence-electron chi connectivity index (χ0n) is 12.7. The molecule has 1 unspecified atom stereocenters. The van der Waals surface area contributed by atoms with Gasteiger partial charge in [-0.2, -0.15) is 0 Å². The minimum Gasteiger partial charge on any atom is -0.475 e. The number of esters is 1. The second kappa shape index (κ2) is 7.21. The molecule has 1 N–H and O–H groups in total. The van der Waals surface area contributed by atoms with E-state index in [4.69, 9.17) is 9.47 Å². The second-order valence-corrected chi connectivity index (χ2v) is 5.05. The maximum absolute atomic E-state index is 12.1. The topological polar surface area (TPSA) is 76.6 Å². The lowest BCUT2D eigenvalue weighted by Gasteiger charge is -2.35. The van der Waals surface area contributed by atoms with Gasteiger partial charge in [-0.25, -0.2) is 14.8 Å². The van der Waals surface area contributed by atoms with E-state index in [0.29, 0.717) is 31.4 Å². The van der Waals surface area contributed by atoms with E-state index >= 15 is 0 Å². The van der Waals surface area contributed by atoms with Crippen LogP contribution in [0.4, 0.5) is 5.82 Å². The quantitative estimate of drug-likeness (QED) is 0.797. The first-order chi connectivity index (χ1) is 10.1. The number of rotatable bonds is 5. The number of hydrogen-bond acceptors (Lipinski definition) is 7. The summed E-state index contributed by atoms with van der Waals surface area (Å²) in [5.74, 6) is 0.950. The van der Waals surface area contributed by atoms with Gasteiger partial charge in [0.25, 0.3) is 0 Å². The maximum atomic E-state index is 12.1. The van der Waals surface area contributed by atoms with E-state index in [-0.39, 0.29) is 18.1 Å². The number of hydrogen-bond donors (Lipinski definition) is 1. The van der Waals surface area contributed by atoms with Crippen molar-refractivity contribution in [2.24, 2.45) is 0 Å². The molecule has 0 saturated carbocycles. The summed E-state index contributed by atoms with van der Waals surface area (Å²) in [6.45, 7) is 8.07. The molecule has 7 heteroatoms. The van der Waals surface area contributed by atoms with E-state index in [1.807, 2.05) is 18.7 Å². The average Bonchev–Trinajstić information content (AvgIpc) is 2.47. The predicted octanol–water partition coefficient (Wildman–Crippen LogP) is 0.605. The molecule has 1 aromatic rings. The smallest absolute Gasteiger partial charge is 0.330 e. The van der Waals surface area contributed by atoms with Crippen LogP contribution in [0.15, 0.2) is 12.4 Å². The van der Waals surface area contributed by atoms with Crippen molar-refractivity contribution in [2.75, 3.05) is 31.1 Å². The molecule has 2 heterocycles. The van der Waals surface area contributed by atoms with E-state index in [9.17, 15) is 4.79 Å². The number of nitrogens with zero attached hydrogens (tertiary/aromatic N) is 3. The summed E-state index contributed by atoms with van der Waals surface area (Å²) in [4.78, 5) is 22.4. The molecule has 0 aromatic carbocycles. The van der Waals surface area contributed by atoms with Gasteiger partial charge in [0.05, 0.1) is 12.7 Å². The highest BCUT2D eigenvalue weighted by atomic mass is 16.5. The van der Waals surface area contributed by atoms with E-state index in [0.717, 1.165) is 6.54 Å². The molecule has 1 atom stereocenters. The lowest BCUT2D eigenvalue weighted by molar-refractivity contribution is -0.144. The number of carbonyl (C=O) groups is 1. The van der Waals surface area contributed by atoms with Gasteiger partial charge < -0.3 is 19.7 Å². The van der Waals surface area contributed by atoms with E-state index in [1.165, 1.54) is 6.33 Å². The summed E-state index contributed by atoms with van der Waals surface area (Å²) >= 11 is 0. The van der Waals surface area contributed by atoms with Crippen molar-refractivity contribution in [2.45, 2.75) is 32.9 Å². The summed E-state index contributed by atoms with van der Waals surface area (Å²) < 4.78 is 10.7. The SMILES string of the molecule is CCOC(=O)C1CNCCN1c1cc(OC(C)C)ncn1. The fourth-order valence-electron chi connectivity index (χ4n) is 2.22. The second-order valence-electron chi connectivity index (χ2n) is 5.05. The third kappa shape index (κ3) is 4.04. The normalized spacial score (nSPS) is 18.7. The molecule has 0 aliphatic carbocycles. The van der Waals surface area contributed by atoms with Gasteiger partial charge in [-0.05, 0) is 20.8 Å². The van der Waals surface area contributed by atoms with Crippen LogP contribution in [0.2, 0.25) is 0 Å². The first-order valence-corrected chi connectivity index (χ1v) is 7.24. The van der Waals surface area contributed by atoms with E-state index in [2.05, 4.69) is 15.3 Å². The summed E-state index contributed by atoms with van der Waals surface area (Å²) in [6.07, 6.45) is 1.49. The van der Waals surface area contributed by atoms with Crippen LogP contribution in [0.5, 0.6) is 5.88 Å². The Morgan fingerprint density at radius 3 is 3.05 bits per heavy atom. The molecule has 1 saturated heterocycles. The Morgan fingerprint density at radius 1 is 1.52 bits per heavy atom. The molecule has 0 amide bonds. The Morgan fingerprint density at radius 2 is 2.33 bits per heavy atom. The van der Waals surface area contributed by atoms with Crippen LogP contribution in [0.25, 0.3) is 0 Å². The van der Waals surface area contributed by atoms with Gasteiger partial charge in [-0.3, -0.25) is 0 Å². The molecule has 0 bridgehead atoms. The van der Waals surface area contributed by atoms with Crippen LogP contribution < -0.4 is 15.0 Å². The number of ether oxygens (including phenoxy) is 2. The Kier molecular flexibility index (Phi) is 5.32. The average molecular weight is 294 g/mol. The van der Waals surface area contributed by atoms with Crippen LogP contribution in [0.3, 0.4) is 0 Å². The monoisotopic (exact) mass is 294 g/mol. The lowest BCUT2D eigenvalue weighted by Crippen LogP contribution is -2.56. The van der Waals surface area contributed by atoms with Gasteiger partial charge in [-0.1, -0.05) is 0 Å². The molecule has 0 spiro atoms. The zero-order valence-corrected chi connectivity index (χ0v) is 12.7. The Labute approximate surface area is 124 Å². The first kappa shape index (κ1) is 15.5. The minimum absolute atomic E-state index is 0.0385. The van der Waals surface area contributed by atoms with Gasteiger partial charge in [0, 0.05) is 25.7 Å². The zero-order chi connectivity index (χ0) is 15.2. The summed E-state index contributed by atoms with van der Waals surface area (Å²) in [6, 6.07) is 1.39. The minimum atomic E-state index is -0.375. The number of piperazine rings is 1. The molecule has 2 rings (SSSR count). The van der Waals surface area contributed by atoms with Crippen molar-refractivity contribution >= 4 is 11.8 Å². The van der Waals surface area contributed by atoms with Gasteiger partial charge in [0.1, 0.15) is 18.2 Å². The Bertz CT molecular complexity index is 481. The highest BCUT2D eigenvalue weighted by Crippen LogP contribution is 2.20. The molecule has 1 fully saturated rings. The standard InChI is InChI=1S/C14H22N4O3/c1-4-20-14(19)11-8-15-5-6-18(11)12-7-13(17-9-16-12)21-10(2)3/h7,9-11,15H,4-6,8H2,1-3H3. The Hall–Kier alpha value is -1.89. The number of aromatic nitrogens is 2. The lowest BCUT2D eigenvalue weighted by atomic mass is 10.2. The van der Waals surface area contributed by atoms with Crippen molar-refractivity contribution in [3.63, 3.8) is 0 Å². The molecule has 21 heavy (non-hydrogen) atoms. The number of nitrogens with one attached hydrogen (secondary N) is 1. The van der Waals surface area contributed by atoms with Crippen LogP contribution in [0, 0.1) is 0 Å². The summed E-state index contributed by atoms with van der Waals surface area (Å²) in [5, 5.41) is 3.20. The van der Waals surface area contributed by atoms with Crippen molar-refractivity contribution in [1.82, 2.24) is 15.3 Å².